The topological polar surface area (TPSA) is 170 Å². The minimum absolute atomic E-state index is 0.00618. The van der Waals surface area contributed by atoms with E-state index in [-0.39, 0.29) is 22.7 Å². The Hall–Kier alpha value is -2.52. The average Bonchev–Trinajstić information content (AvgIpc) is 3.18. The molecular formula is C20H28N2O10S3. The Bertz CT molecular complexity index is 1240. The van der Waals surface area contributed by atoms with Gasteiger partial charge in [-0.3, -0.25) is 19.2 Å². The molecule has 0 saturated heterocycles. The van der Waals surface area contributed by atoms with Crippen molar-refractivity contribution in [2.75, 3.05) is 6.54 Å². The van der Waals surface area contributed by atoms with Crippen molar-refractivity contribution in [3.8, 4) is 0 Å². The molecule has 2 amide bonds. The summed E-state index contributed by atoms with van der Waals surface area (Å²) in [5.74, 6) is -3.12. The lowest BCUT2D eigenvalue weighted by molar-refractivity contribution is -0.158. The van der Waals surface area contributed by atoms with Crippen LogP contribution in [0.1, 0.15) is 59.6 Å². The number of sulfonamides is 1. The highest BCUT2D eigenvalue weighted by atomic mass is 32.3. The second-order valence-electron chi connectivity index (χ2n) is 8.01. The van der Waals surface area contributed by atoms with E-state index in [1.54, 1.807) is 11.6 Å². The van der Waals surface area contributed by atoms with Crippen LogP contribution in [0, 0.1) is 0 Å². The Labute approximate surface area is 207 Å². The van der Waals surface area contributed by atoms with Crippen LogP contribution in [0.25, 0.3) is 0 Å². The molecule has 0 saturated carbocycles. The van der Waals surface area contributed by atoms with E-state index in [9.17, 15) is 36.0 Å². The second-order valence-corrected chi connectivity index (χ2v) is 13.5. The molecule has 196 valence electrons. The zero-order valence-corrected chi connectivity index (χ0v) is 22.5. The quantitative estimate of drug-likeness (QED) is 0.457. The summed E-state index contributed by atoms with van der Waals surface area (Å²) in [4.78, 5) is 48.8. The van der Waals surface area contributed by atoms with Crippen LogP contribution in [-0.2, 0) is 48.5 Å². The minimum atomic E-state index is -4.52. The Balaban J connectivity index is 2.50. The lowest BCUT2D eigenvalue weighted by atomic mass is 10.0. The van der Waals surface area contributed by atoms with Gasteiger partial charge in [0.25, 0.3) is 21.8 Å². The van der Waals surface area contributed by atoms with Gasteiger partial charge in [-0.1, -0.05) is 0 Å². The highest BCUT2D eigenvalue weighted by Crippen LogP contribution is 2.45. The summed E-state index contributed by atoms with van der Waals surface area (Å²) < 4.78 is 62.5. The van der Waals surface area contributed by atoms with Crippen molar-refractivity contribution in [1.82, 2.24) is 9.62 Å². The predicted octanol–water partition coefficient (Wildman–Crippen LogP) is 0.912. The van der Waals surface area contributed by atoms with Crippen LogP contribution in [0.3, 0.4) is 0 Å². The number of sulfone groups is 1. The maximum Gasteiger partial charge on any atom is 0.303 e. The fourth-order valence-electron chi connectivity index (χ4n) is 3.63. The lowest BCUT2D eigenvalue weighted by Crippen LogP contribution is -2.44. The smallest absolute Gasteiger partial charge is 0.303 e. The highest BCUT2D eigenvalue weighted by Gasteiger charge is 2.43. The molecule has 2 heterocycles. The lowest BCUT2D eigenvalue weighted by Gasteiger charge is -2.36. The van der Waals surface area contributed by atoms with Gasteiger partial charge in [0.2, 0.25) is 0 Å². The van der Waals surface area contributed by atoms with Gasteiger partial charge in [0, 0.05) is 26.0 Å². The molecule has 1 aromatic rings. The third-order valence-corrected chi connectivity index (χ3v) is 11.0. The van der Waals surface area contributed by atoms with Crippen molar-refractivity contribution < 1.29 is 45.5 Å². The molecule has 2 unspecified atom stereocenters. The molecule has 0 spiro atoms. The summed E-state index contributed by atoms with van der Waals surface area (Å²) >= 11 is 0.461. The molecule has 12 nitrogen and oxygen atoms in total. The highest BCUT2D eigenvalue weighted by molar-refractivity contribution is 7.95. The van der Waals surface area contributed by atoms with E-state index in [1.165, 1.54) is 25.7 Å². The summed E-state index contributed by atoms with van der Waals surface area (Å²) in [5.41, 5.74) is 0.0965. The van der Waals surface area contributed by atoms with Crippen molar-refractivity contribution in [2.45, 2.75) is 79.9 Å². The number of likely N-dealkylation sites (N-methyl/N-ethyl adjacent to an activating group) is 1. The molecular weight excluding hydrogens is 524 g/mol. The summed E-state index contributed by atoms with van der Waals surface area (Å²) in [5, 5.41) is -0.932. The fraction of sp³-hybridized carbons (Fsp3) is 0.600. The molecule has 0 bridgehead atoms. The number of esters is 2. The third-order valence-electron chi connectivity index (χ3n) is 5.31. The Kier molecular flexibility index (Phi) is 8.71. The van der Waals surface area contributed by atoms with Crippen LogP contribution < -0.4 is 4.72 Å². The van der Waals surface area contributed by atoms with Gasteiger partial charge in [-0.2, -0.15) is 0 Å². The van der Waals surface area contributed by atoms with E-state index in [4.69, 9.17) is 4.74 Å². The molecule has 0 fully saturated rings. The average molecular weight is 553 g/mol. The predicted molar refractivity (Wildman–Crippen MR) is 123 cm³/mol. The van der Waals surface area contributed by atoms with E-state index in [0.29, 0.717) is 11.3 Å². The van der Waals surface area contributed by atoms with E-state index < -0.39 is 71.3 Å². The maximum atomic E-state index is 13.0. The number of amides is 2. The third kappa shape index (κ3) is 6.19. The summed E-state index contributed by atoms with van der Waals surface area (Å²) in [6, 6.07) is 0.307. The normalized spacial score (nSPS) is 20.6. The molecule has 0 radical (unpaired) electrons. The van der Waals surface area contributed by atoms with Gasteiger partial charge in [0.05, 0.1) is 11.3 Å². The molecule has 2 rings (SSSR count). The van der Waals surface area contributed by atoms with Gasteiger partial charge >= 0.3 is 11.9 Å². The number of fused-ring (bicyclic) bond motifs is 1. The first-order valence-electron chi connectivity index (χ1n) is 10.6. The van der Waals surface area contributed by atoms with Crippen LogP contribution >= 0.6 is 11.3 Å². The largest absolute Gasteiger partial charge is 0.453 e. The van der Waals surface area contributed by atoms with E-state index in [2.05, 4.69) is 4.74 Å². The van der Waals surface area contributed by atoms with Crippen LogP contribution in [0.5, 0.6) is 0 Å². The SMILES string of the molecule is CCN(C(=O)C(C)OC(C)=O)[C@H]1C[C@H](C)S(=O)(=O)c2sc(S(=O)(=O)NC(=O)C(C)OC(C)=O)cc21. The van der Waals surface area contributed by atoms with Gasteiger partial charge in [0.15, 0.2) is 22.0 Å². The monoisotopic (exact) mass is 552 g/mol. The number of nitrogens with zero attached hydrogens (tertiary/aromatic N) is 1. The molecule has 0 aliphatic carbocycles. The van der Waals surface area contributed by atoms with Gasteiger partial charge in [0.1, 0.15) is 8.42 Å². The molecule has 4 atom stereocenters. The van der Waals surface area contributed by atoms with E-state index in [0.717, 1.165) is 19.9 Å². The molecule has 1 aliphatic heterocycles. The van der Waals surface area contributed by atoms with Crippen molar-refractivity contribution in [3.63, 3.8) is 0 Å². The number of carbonyl (C=O) groups is 4. The zero-order valence-electron chi connectivity index (χ0n) is 20.1. The minimum Gasteiger partial charge on any atom is -0.453 e. The van der Waals surface area contributed by atoms with Gasteiger partial charge < -0.3 is 14.4 Å². The molecule has 1 aromatic heterocycles. The van der Waals surface area contributed by atoms with Crippen molar-refractivity contribution in [1.29, 1.82) is 0 Å². The Morgan fingerprint density at radius 3 is 2.20 bits per heavy atom. The first-order valence-corrected chi connectivity index (χ1v) is 14.5. The number of nitrogens with one attached hydrogen (secondary N) is 1. The molecule has 1 N–H and O–H groups in total. The van der Waals surface area contributed by atoms with Crippen molar-refractivity contribution in [2.24, 2.45) is 0 Å². The standard InChI is InChI=1S/C20H28N2O10S3/c1-7-22(19(26)12(4)32-14(6)24)16-8-10(2)34(27,28)20-15(16)9-17(33-20)35(29,30)21-18(25)11(3)31-13(5)23/h9-12,16H,7-8H2,1-6H3,(H,21,25)/t10-,11?,12?,16-/m0/s1. The van der Waals surface area contributed by atoms with Crippen LogP contribution in [0.2, 0.25) is 0 Å². The van der Waals surface area contributed by atoms with Crippen LogP contribution in [0.15, 0.2) is 14.5 Å². The first kappa shape index (κ1) is 28.7. The zero-order chi connectivity index (χ0) is 26.9. The molecule has 1 aliphatic rings. The number of rotatable bonds is 8. The second kappa shape index (κ2) is 10.6. The van der Waals surface area contributed by atoms with E-state index in [1.807, 2.05) is 0 Å². The fourth-order valence-corrected chi connectivity index (χ4v) is 8.65. The molecule has 0 aromatic carbocycles. The summed E-state index contributed by atoms with van der Waals surface area (Å²) in [6.07, 6.45) is -2.54. The Morgan fingerprint density at radius 2 is 1.69 bits per heavy atom. The van der Waals surface area contributed by atoms with Crippen LogP contribution in [0.4, 0.5) is 0 Å². The number of thiophene rings is 1. The molecule has 15 heteroatoms. The van der Waals surface area contributed by atoms with E-state index >= 15 is 0 Å². The van der Waals surface area contributed by atoms with Gasteiger partial charge in [-0.05, 0) is 40.2 Å². The number of ether oxygens (including phenoxy) is 2. The molecule has 35 heavy (non-hydrogen) atoms. The Morgan fingerprint density at radius 1 is 1.14 bits per heavy atom. The first-order chi connectivity index (χ1) is 16.0. The van der Waals surface area contributed by atoms with Crippen molar-refractivity contribution in [3.05, 3.63) is 11.6 Å². The summed E-state index contributed by atoms with van der Waals surface area (Å²) in [6.45, 7) is 8.03. The number of hydrogen-bond donors (Lipinski definition) is 1. The number of hydrogen-bond acceptors (Lipinski definition) is 11. The van der Waals surface area contributed by atoms with Crippen molar-refractivity contribution >= 4 is 55.0 Å². The summed E-state index contributed by atoms with van der Waals surface area (Å²) in [7, 11) is -8.43. The van der Waals surface area contributed by atoms with Gasteiger partial charge in [-0.25, -0.2) is 21.6 Å². The van der Waals surface area contributed by atoms with Gasteiger partial charge in [-0.15, -0.1) is 11.3 Å². The number of carbonyl (C=O) groups excluding carboxylic acids is 4. The van der Waals surface area contributed by atoms with Crippen LogP contribution in [-0.4, -0.2) is 69.5 Å². The maximum absolute atomic E-state index is 13.0.